The lowest BCUT2D eigenvalue weighted by Gasteiger charge is -2.06. The summed E-state index contributed by atoms with van der Waals surface area (Å²) < 4.78 is 0. The summed E-state index contributed by atoms with van der Waals surface area (Å²) in [6.07, 6.45) is 8.86. The van der Waals surface area contributed by atoms with Crippen LogP contribution in [-0.2, 0) is 0 Å². The Morgan fingerprint density at radius 3 is 2.60 bits per heavy atom. The summed E-state index contributed by atoms with van der Waals surface area (Å²) in [6.45, 7) is 4.68. The highest BCUT2D eigenvalue weighted by molar-refractivity contribution is 4.72. The molecule has 0 heteroatoms. The second-order valence-electron chi connectivity index (χ2n) is 3.93. The standard InChI is InChI=1S/C10H20/c1-3-4-5-10-7-6-9(2)8-10/h9-10H,3-8H2,1-2H3/t9-,10-/m0/s1. The number of hydrogen-bond donors (Lipinski definition) is 0. The average molecular weight is 140 g/mol. The van der Waals surface area contributed by atoms with Gasteiger partial charge in [0.25, 0.3) is 0 Å². The topological polar surface area (TPSA) is 0 Å². The van der Waals surface area contributed by atoms with Crippen LogP contribution < -0.4 is 0 Å². The fourth-order valence-corrected chi connectivity index (χ4v) is 2.08. The van der Waals surface area contributed by atoms with E-state index in [0.717, 1.165) is 11.8 Å². The number of hydrogen-bond acceptors (Lipinski definition) is 0. The first-order chi connectivity index (χ1) is 4.83. The van der Waals surface area contributed by atoms with E-state index in [1.165, 1.54) is 38.5 Å². The Labute approximate surface area is 65.0 Å². The minimum absolute atomic E-state index is 1.03. The van der Waals surface area contributed by atoms with Crippen LogP contribution in [0.15, 0.2) is 0 Å². The van der Waals surface area contributed by atoms with Gasteiger partial charge in [0, 0.05) is 0 Å². The second-order valence-corrected chi connectivity index (χ2v) is 3.93. The molecule has 60 valence electrons. The smallest absolute Gasteiger partial charge is 0.0412 e. The van der Waals surface area contributed by atoms with Gasteiger partial charge in [-0.25, -0.2) is 0 Å². The van der Waals surface area contributed by atoms with Gasteiger partial charge in [-0.1, -0.05) is 46.0 Å². The monoisotopic (exact) mass is 140 g/mol. The molecule has 0 radical (unpaired) electrons. The Hall–Kier alpha value is 0. The van der Waals surface area contributed by atoms with Crippen molar-refractivity contribution in [2.75, 3.05) is 0 Å². The van der Waals surface area contributed by atoms with Crippen molar-refractivity contribution in [3.05, 3.63) is 0 Å². The third-order valence-electron chi connectivity index (χ3n) is 2.77. The van der Waals surface area contributed by atoms with Gasteiger partial charge in [0.05, 0.1) is 0 Å². The van der Waals surface area contributed by atoms with Crippen molar-refractivity contribution in [2.24, 2.45) is 11.8 Å². The molecule has 0 aromatic carbocycles. The molecule has 0 unspecified atom stereocenters. The molecule has 0 nitrogen and oxygen atoms in total. The van der Waals surface area contributed by atoms with Crippen LogP contribution in [-0.4, -0.2) is 0 Å². The average Bonchev–Trinajstić information content (AvgIpc) is 2.31. The molecule has 1 aliphatic rings. The maximum atomic E-state index is 2.39. The maximum Gasteiger partial charge on any atom is -0.0412 e. The molecule has 10 heavy (non-hydrogen) atoms. The third-order valence-corrected chi connectivity index (χ3v) is 2.77. The van der Waals surface area contributed by atoms with Crippen LogP contribution in [0.25, 0.3) is 0 Å². The molecule has 1 saturated carbocycles. The van der Waals surface area contributed by atoms with Crippen LogP contribution in [0, 0.1) is 11.8 Å². The number of rotatable bonds is 3. The summed E-state index contributed by atoms with van der Waals surface area (Å²) >= 11 is 0. The van der Waals surface area contributed by atoms with E-state index in [4.69, 9.17) is 0 Å². The fourth-order valence-electron chi connectivity index (χ4n) is 2.08. The predicted molar refractivity (Wildman–Crippen MR) is 46.0 cm³/mol. The predicted octanol–water partition coefficient (Wildman–Crippen LogP) is 3.61. The van der Waals surface area contributed by atoms with E-state index in [2.05, 4.69) is 13.8 Å². The van der Waals surface area contributed by atoms with Gasteiger partial charge in [0.1, 0.15) is 0 Å². The van der Waals surface area contributed by atoms with Gasteiger partial charge in [-0.15, -0.1) is 0 Å². The van der Waals surface area contributed by atoms with Crippen molar-refractivity contribution in [1.29, 1.82) is 0 Å². The van der Waals surface area contributed by atoms with E-state index in [1.54, 1.807) is 0 Å². The van der Waals surface area contributed by atoms with Gasteiger partial charge < -0.3 is 0 Å². The Kier molecular flexibility index (Phi) is 3.24. The second kappa shape index (κ2) is 4.00. The molecule has 0 spiro atoms. The summed E-state index contributed by atoms with van der Waals surface area (Å²) in [5, 5.41) is 0. The SMILES string of the molecule is CCCC[C@H]1CC[C@H](C)C1. The van der Waals surface area contributed by atoms with Gasteiger partial charge in [-0.3, -0.25) is 0 Å². The van der Waals surface area contributed by atoms with E-state index in [1.807, 2.05) is 0 Å². The van der Waals surface area contributed by atoms with E-state index >= 15 is 0 Å². The zero-order valence-electron chi connectivity index (χ0n) is 7.40. The summed E-state index contributed by atoms with van der Waals surface area (Å²) in [7, 11) is 0. The highest BCUT2D eigenvalue weighted by Gasteiger charge is 2.19. The molecule has 0 bridgehead atoms. The molecule has 1 rings (SSSR count). The van der Waals surface area contributed by atoms with Crippen molar-refractivity contribution in [1.82, 2.24) is 0 Å². The third kappa shape index (κ3) is 2.32. The van der Waals surface area contributed by atoms with Crippen LogP contribution in [0.2, 0.25) is 0 Å². The van der Waals surface area contributed by atoms with Crippen LogP contribution >= 0.6 is 0 Å². The van der Waals surface area contributed by atoms with Gasteiger partial charge in [-0.05, 0) is 18.3 Å². The molecule has 0 aliphatic heterocycles. The molecule has 1 aliphatic carbocycles. The Morgan fingerprint density at radius 2 is 2.10 bits per heavy atom. The highest BCUT2D eigenvalue weighted by atomic mass is 14.3. The Bertz CT molecular complexity index is 86.0. The largest absolute Gasteiger partial charge is 0.0654 e. The van der Waals surface area contributed by atoms with Gasteiger partial charge >= 0.3 is 0 Å². The van der Waals surface area contributed by atoms with Crippen molar-refractivity contribution in [3.63, 3.8) is 0 Å². The zero-order valence-corrected chi connectivity index (χ0v) is 7.40. The lowest BCUT2D eigenvalue weighted by atomic mass is 10.00. The van der Waals surface area contributed by atoms with Crippen molar-refractivity contribution < 1.29 is 0 Å². The summed E-state index contributed by atoms with van der Waals surface area (Å²) in [5.41, 5.74) is 0. The first-order valence-electron chi connectivity index (χ1n) is 4.83. The lowest BCUT2D eigenvalue weighted by Crippen LogP contribution is -1.93. The molecule has 0 aromatic rings. The lowest BCUT2D eigenvalue weighted by molar-refractivity contribution is 0.461. The summed E-state index contributed by atoms with van der Waals surface area (Å²) in [5.74, 6) is 2.12. The normalized spacial score (nSPS) is 33.0. The van der Waals surface area contributed by atoms with Crippen LogP contribution in [0.1, 0.15) is 52.4 Å². The fraction of sp³-hybridized carbons (Fsp3) is 1.00. The number of unbranched alkanes of at least 4 members (excludes halogenated alkanes) is 1. The van der Waals surface area contributed by atoms with E-state index < -0.39 is 0 Å². The van der Waals surface area contributed by atoms with Gasteiger partial charge in [0.15, 0.2) is 0 Å². The molecule has 0 saturated heterocycles. The molecule has 0 N–H and O–H groups in total. The van der Waals surface area contributed by atoms with Gasteiger partial charge in [0.2, 0.25) is 0 Å². The molecule has 0 heterocycles. The Morgan fingerprint density at radius 1 is 1.30 bits per heavy atom. The quantitative estimate of drug-likeness (QED) is 0.561. The first-order valence-corrected chi connectivity index (χ1v) is 4.83. The molecule has 0 aromatic heterocycles. The minimum atomic E-state index is 1.03. The van der Waals surface area contributed by atoms with Crippen LogP contribution in [0.5, 0.6) is 0 Å². The van der Waals surface area contributed by atoms with E-state index in [-0.39, 0.29) is 0 Å². The van der Waals surface area contributed by atoms with E-state index in [0.29, 0.717) is 0 Å². The first kappa shape index (κ1) is 8.10. The van der Waals surface area contributed by atoms with Gasteiger partial charge in [-0.2, -0.15) is 0 Å². The highest BCUT2D eigenvalue weighted by Crippen LogP contribution is 2.33. The van der Waals surface area contributed by atoms with Crippen LogP contribution in [0.4, 0.5) is 0 Å². The van der Waals surface area contributed by atoms with Crippen molar-refractivity contribution in [2.45, 2.75) is 52.4 Å². The van der Waals surface area contributed by atoms with E-state index in [9.17, 15) is 0 Å². The van der Waals surface area contributed by atoms with Crippen molar-refractivity contribution >= 4 is 0 Å². The van der Waals surface area contributed by atoms with Crippen molar-refractivity contribution in [3.8, 4) is 0 Å². The summed E-state index contributed by atoms with van der Waals surface area (Å²) in [6, 6.07) is 0. The molecule has 1 fully saturated rings. The molecule has 2 atom stereocenters. The molecular formula is C10H20. The molecule has 0 amide bonds. The summed E-state index contributed by atoms with van der Waals surface area (Å²) in [4.78, 5) is 0. The molecular weight excluding hydrogens is 120 g/mol. The maximum absolute atomic E-state index is 2.39. The Balaban J connectivity index is 2.06. The zero-order chi connectivity index (χ0) is 7.40. The minimum Gasteiger partial charge on any atom is -0.0654 e. The van der Waals surface area contributed by atoms with Crippen LogP contribution in [0.3, 0.4) is 0 Å².